The van der Waals surface area contributed by atoms with Crippen LogP contribution in [0.25, 0.3) is 0 Å². The van der Waals surface area contributed by atoms with Gasteiger partial charge in [0.1, 0.15) is 6.04 Å². The smallest absolute Gasteiger partial charge is 0.358 e. The number of aromatic nitrogens is 3. The van der Waals surface area contributed by atoms with Gasteiger partial charge in [-0.3, -0.25) is 4.79 Å². The summed E-state index contributed by atoms with van der Waals surface area (Å²) in [7, 11) is 0. The van der Waals surface area contributed by atoms with Crippen molar-refractivity contribution in [1.82, 2.24) is 15.0 Å². The van der Waals surface area contributed by atoms with Gasteiger partial charge in [-0.15, -0.1) is 5.10 Å². The van der Waals surface area contributed by atoms with Crippen LogP contribution in [0.4, 0.5) is 0 Å². The summed E-state index contributed by atoms with van der Waals surface area (Å²) in [5.74, 6) is -1.68. The number of carbonyl (C=O) groups is 2. The van der Waals surface area contributed by atoms with Crippen LogP contribution in [0.5, 0.6) is 0 Å². The number of carboxylic acids is 1. The zero-order valence-corrected chi connectivity index (χ0v) is 9.88. The summed E-state index contributed by atoms with van der Waals surface area (Å²) in [6.07, 6.45) is 1.69. The molecule has 0 aromatic carbocycles. The first-order valence-corrected chi connectivity index (χ1v) is 5.49. The lowest BCUT2D eigenvalue weighted by Crippen LogP contribution is -2.28. The number of nitrogens with zero attached hydrogens (tertiary/aromatic N) is 3. The predicted molar refractivity (Wildman–Crippen MR) is 59.5 cm³/mol. The van der Waals surface area contributed by atoms with Gasteiger partial charge < -0.3 is 10.8 Å². The fourth-order valence-electron chi connectivity index (χ4n) is 1.69. The highest BCUT2D eigenvalue weighted by molar-refractivity contribution is 5.86. The number of carbonyl (C=O) groups excluding carboxylic acids is 1. The predicted octanol–water partition coefficient (Wildman–Crippen LogP) is 0.365. The topological polar surface area (TPSA) is 111 Å². The molecule has 3 N–H and O–H groups in total. The van der Waals surface area contributed by atoms with Gasteiger partial charge in [-0.25, -0.2) is 9.48 Å². The Balaban J connectivity index is 3.23. The van der Waals surface area contributed by atoms with Crippen LogP contribution in [0.3, 0.4) is 0 Å². The summed E-state index contributed by atoms with van der Waals surface area (Å²) in [5.41, 5.74) is 5.60. The van der Waals surface area contributed by atoms with E-state index in [0.717, 1.165) is 6.42 Å². The molecule has 0 radical (unpaired) electrons. The number of primary amides is 1. The van der Waals surface area contributed by atoms with E-state index in [0.29, 0.717) is 18.5 Å². The molecular weight excluding hydrogens is 224 g/mol. The van der Waals surface area contributed by atoms with Gasteiger partial charge in [0, 0.05) is 0 Å². The standard InChI is InChI=1S/C10H16N4O3/c1-3-5-7-8(10(16)17)12-13-14(7)6(4-2)9(11)15/h6H,3-5H2,1-2H3,(H2,11,15)(H,16,17). The number of hydrogen-bond donors (Lipinski definition) is 2. The van der Waals surface area contributed by atoms with Gasteiger partial charge in [-0.05, 0) is 12.8 Å². The molecular formula is C10H16N4O3. The van der Waals surface area contributed by atoms with E-state index in [2.05, 4.69) is 10.3 Å². The van der Waals surface area contributed by atoms with E-state index in [9.17, 15) is 9.59 Å². The molecule has 1 amide bonds. The van der Waals surface area contributed by atoms with Gasteiger partial charge >= 0.3 is 5.97 Å². The number of rotatable bonds is 6. The van der Waals surface area contributed by atoms with E-state index < -0.39 is 17.9 Å². The molecule has 7 heteroatoms. The van der Waals surface area contributed by atoms with Crippen LogP contribution in [0, 0.1) is 0 Å². The van der Waals surface area contributed by atoms with Gasteiger partial charge in [-0.1, -0.05) is 25.5 Å². The van der Waals surface area contributed by atoms with Crippen molar-refractivity contribution in [3.63, 3.8) is 0 Å². The first kappa shape index (κ1) is 13.1. The third-order valence-electron chi connectivity index (χ3n) is 2.49. The minimum atomic E-state index is -1.14. The second-order valence-corrected chi connectivity index (χ2v) is 3.71. The van der Waals surface area contributed by atoms with Gasteiger partial charge in [0.2, 0.25) is 5.91 Å². The molecule has 1 unspecified atom stereocenters. The van der Waals surface area contributed by atoms with Crippen LogP contribution in [-0.4, -0.2) is 32.0 Å². The first-order valence-electron chi connectivity index (χ1n) is 5.49. The minimum absolute atomic E-state index is 0.105. The molecule has 17 heavy (non-hydrogen) atoms. The molecule has 0 aliphatic rings. The highest BCUT2D eigenvalue weighted by Gasteiger charge is 2.25. The van der Waals surface area contributed by atoms with E-state index in [-0.39, 0.29) is 5.69 Å². The van der Waals surface area contributed by atoms with Crippen LogP contribution in [-0.2, 0) is 11.2 Å². The van der Waals surface area contributed by atoms with Crippen LogP contribution in [0.15, 0.2) is 0 Å². The van der Waals surface area contributed by atoms with E-state index in [1.165, 1.54) is 4.68 Å². The maximum atomic E-state index is 11.3. The third kappa shape index (κ3) is 2.61. The lowest BCUT2D eigenvalue weighted by molar-refractivity contribution is -0.121. The molecule has 0 aliphatic carbocycles. The maximum Gasteiger partial charge on any atom is 0.358 e. The van der Waals surface area contributed by atoms with Crippen LogP contribution >= 0.6 is 0 Å². The zero-order valence-electron chi connectivity index (χ0n) is 9.88. The van der Waals surface area contributed by atoms with E-state index in [1.807, 2.05) is 6.92 Å². The fourth-order valence-corrected chi connectivity index (χ4v) is 1.69. The normalized spacial score (nSPS) is 12.4. The number of aromatic carboxylic acids is 1. The molecule has 1 heterocycles. The Morgan fingerprint density at radius 3 is 2.53 bits per heavy atom. The van der Waals surface area contributed by atoms with Crippen LogP contribution < -0.4 is 5.73 Å². The van der Waals surface area contributed by atoms with Crippen LogP contribution in [0.2, 0.25) is 0 Å². The highest BCUT2D eigenvalue weighted by atomic mass is 16.4. The Kier molecular flexibility index (Phi) is 4.19. The van der Waals surface area contributed by atoms with Gasteiger partial charge in [0.15, 0.2) is 5.69 Å². The van der Waals surface area contributed by atoms with Crippen molar-refractivity contribution in [3.05, 3.63) is 11.4 Å². The second kappa shape index (κ2) is 5.42. The first-order chi connectivity index (χ1) is 8.02. The van der Waals surface area contributed by atoms with E-state index in [1.54, 1.807) is 6.92 Å². The molecule has 1 aromatic rings. The molecule has 1 rings (SSSR count). The van der Waals surface area contributed by atoms with Crippen molar-refractivity contribution in [2.45, 2.75) is 39.2 Å². The maximum absolute atomic E-state index is 11.3. The van der Waals surface area contributed by atoms with Crippen molar-refractivity contribution in [3.8, 4) is 0 Å². The number of amides is 1. The van der Waals surface area contributed by atoms with Crippen LogP contribution in [0.1, 0.15) is 48.9 Å². The monoisotopic (exact) mass is 240 g/mol. The van der Waals surface area contributed by atoms with Crippen molar-refractivity contribution in [2.75, 3.05) is 0 Å². The molecule has 0 aliphatic heterocycles. The Labute approximate surface area is 98.6 Å². The Bertz CT molecular complexity index is 427. The SMILES string of the molecule is CCCc1c(C(=O)O)nnn1C(CC)C(N)=O. The molecule has 0 spiro atoms. The van der Waals surface area contributed by atoms with Crippen molar-refractivity contribution in [2.24, 2.45) is 5.73 Å². The zero-order chi connectivity index (χ0) is 13.0. The molecule has 0 fully saturated rings. The van der Waals surface area contributed by atoms with Crippen molar-refractivity contribution >= 4 is 11.9 Å². The molecule has 1 aromatic heterocycles. The molecule has 7 nitrogen and oxygen atoms in total. The van der Waals surface area contributed by atoms with Crippen molar-refractivity contribution < 1.29 is 14.7 Å². The number of carboxylic acid groups (broad SMARTS) is 1. The number of hydrogen-bond acceptors (Lipinski definition) is 4. The van der Waals surface area contributed by atoms with Gasteiger partial charge in [0.25, 0.3) is 0 Å². The lowest BCUT2D eigenvalue weighted by atomic mass is 10.1. The molecule has 1 atom stereocenters. The summed E-state index contributed by atoms with van der Waals surface area (Å²) >= 11 is 0. The summed E-state index contributed by atoms with van der Waals surface area (Å²) in [6, 6.07) is -0.642. The van der Waals surface area contributed by atoms with Crippen molar-refractivity contribution in [1.29, 1.82) is 0 Å². The third-order valence-corrected chi connectivity index (χ3v) is 2.49. The number of nitrogens with two attached hydrogens (primary N) is 1. The summed E-state index contributed by atoms with van der Waals surface area (Å²) in [5, 5.41) is 16.3. The lowest BCUT2D eigenvalue weighted by Gasteiger charge is -2.13. The van der Waals surface area contributed by atoms with Gasteiger partial charge in [0.05, 0.1) is 5.69 Å². The molecule has 0 bridgehead atoms. The quantitative estimate of drug-likeness (QED) is 0.746. The average Bonchev–Trinajstić information content (AvgIpc) is 2.63. The summed E-state index contributed by atoms with van der Waals surface area (Å²) in [6.45, 7) is 3.70. The summed E-state index contributed by atoms with van der Waals surface area (Å²) < 4.78 is 1.33. The van der Waals surface area contributed by atoms with Gasteiger partial charge in [-0.2, -0.15) is 0 Å². The second-order valence-electron chi connectivity index (χ2n) is 3.71. The largest absolute Gasteiger partial charge is 0.476 e. The van der Waals surface area contributed by atoms with E-state index in [4.69, 9.17) is 10.8 Å². The highest BCUT2D eigenvalue weighted by Crippen LogP contribution is 2.16. The van der Waals surface area contributed by atoms with E-state index >= 15 is 0 Å². The fraction of sp³-hybridized carbons (Fsp3) is 0.600. The Morgan fingerprint density at radius 2 is 2.12 bits per heavy atom. The Morgan fingerprint density at radius 1 is 1.47 bits per heavy atom. The summed E-state index contributed by atoms with van der Waals surface area (Å²) in [4.78, 5) is 22.2. The Hall–Kier alpha value is -1.92. The molecule has 94 valence electrons. The molecule has 0 saturated heterocycles. The average molecular weight is 240 g/mol. The molecule has 0 saturated carbocycles. The minimum Gasteiger partial charge on any atom is -0.476 e.